The lowest BCUT2D eigenvalue weighted by atomic mass is 10.1. The number of ether oxygens (including phenoxy) is 1. The van der Waals surface area contributed by atoms with E-state index in [1.807, 2.05) is 6.07 Å². The van der Waals surface area contributed by atoms with Gasteiger partial charge in [0.05, 0.1) is 16.1 Å². The van der Waals surface area contributed by atoms with Crippen LogP contribution in [0, 0.1) is 0 Å². The molecule has 0 amide bonds. The Labute approximate surface area is 183 Å². The highest BCUT2D eigenvalue weighted by Crippen LogP contribution is 2.28. The Morgan fingerprint density at radius 3 is 2.31 bits per heavy atom. The molecule has 0 aromatic heterocycles. The summed E-state index contributed by atoms with van der Waals surface area (Å²) in [7, 11) is 0. The number of aliphatic hydroxyl groups is 1. The molecule has 2 aliphatic heterocycles. The highest BCUT2D eigenvalue weighted by Gasteiger charge is 2.23. The van der Waals surface area contributed by atoms with E-state index in [0.717, 1.165) is 64.3 Å². The molecule has 2 heterocycles. The zero-order chi connectivity index (χ0) is 20.2. The molecule has 1 saturated heterocycles. The topological polar surface area (TPSA) is 35.9 Å². The fourth-order valence-electron chi connectivity index (χ4n) is 4.24. The largest absolute Gasteiger partial charge is 0.490 e. The molecular weight excluding hydrogens is 407 g/mol. The minimum absolute atomic E-state index is 0.184. The number of aliphatic hydroxyl groups excluding tert-OH is 1. The van der Waals surface area contributed by atoms with E-state index in [-0.39, 0.29) is 12.2 Å². The summed E-state index contributed by atoms with van der Waals surface area (Å²) in [6.07, 6.45) is 2.62. The van der Waals surface area contributed by atoms with Crippen molar-refractivity contribution in [3.8, 4) is 5.75 Å². The highest BCUT2D eigenvalue weighted by molar-refractivity contribution is 6.42. The van der Waals surface area contributed by atoms with E-state index >= 15 is 0 Å². The third kappa shape index (κ3) is 5.65. The summed E-state index contributed by atoms with van der Waals surface area (Å²) in [6.45, 7) is 5.56. The van der Waals surface area contributed by atoms with Gasteiger partial charge in [0.2, 0.25) is 0 Å². The van der Waals surface area contributed by atoms with Gasteiger partial charge in [-0.25, -0.2) is 0 Å². The van der Waals surface area contributed by atoms with Crippen molar-refractivity contribution in [1.82, 2.24) is 9.80 Å². The van der Waals surface area contributed by atoms with Gasteiger partial charge in [-0.15, -0.1) is 0 Å². The lowest BCUT2D eigenvalue weighted by molar-refractivity contribution is 0.0533. The summed E-state index contributed by atoms with van der Waals surface area (Å²) in [4.78, 5) is 4.77. The van der Waals surface area contributed by atoms with Crippen LogP contribution >= 0.6 is 23.2 Å². The molecule has 0 radical (unpaired) electrons. The van der Waals surface area contributed by atoms with Crippen molar-refractivity contribution in [2.45, 2.75) is 44.6 Å². The molecule has 0 saturated carbocycles. The molecule has 2 aromatic rings. The number of fused-ring (bicyclic) bond motifs is 1. The number of benzene rings is 2. The molecule has 156 valence electrons. The van der Waals surface area contributed by atoms with Crippen LogP contribution in [0.1, 0.15) is 30.4 Å². The molecule has 0 aliphatic carbocycles. The number of piperidine rings is 1. The molecule has 2 aromatic carbocycles. The number of β-amino-alcohol motifs (C(OH)–C–C–N with tert-alkyl or cyclic N) is 1. The van der Waals surface area contributed by atoms with Gasteiger partial charge in [0.1, 0.15) is 11.9 Å². The predicted molar refractivity (Wildman–Crippen MR) is 118 cm³/mol. The average molecular weight is 435 g/mol. The minimum atomic E-state index is -0.286. The molecule has 1 fully saturated rings. The number of rotatable bonds is 7. The van der Waals surface area contributed by atoms with Crippen molar-refractivity contribution >= 4 is 23.2 Å². The molecular formula is C23H28Cl2N2O2. The summed E-state index contributed by atoms with van der Waals surface area (Å²) in [6, 6.07) is 14.0. The number of likely N-dealkylation sites (tertiary alicyclic amines) is 1. The number of nitrogens with zero attached hydrogens (tertiary/aromatic N) is 2. The molecule has 1 atom stereocenters. The van der Waals surface area contributed by atoms with Crippen LogP contribution in [0.25, 0.3) is 0 Å². The van der Waals surface area contributed by atoms with E-state index in [1.165, 1.54) is 11.1 Å². The summed E-state index contributed by atoms with van der Waals surface area (Å²) < 4.78 is 6.05. The Bertz CT molecular complexity index is 799. The molecule has 0 bridgehead atoms. The second kappa shape index (κ2) is 9.67. The molecule has 1 unspecified atom stereocenters. The standard InChI is InChI=1S/C23H28Cl2N2O2/c24-22-6-5-21(13-23(22)25)29-20-8-11-26(12-9-20)16-19(28)7-10-27-14-17-3-1-2-4-18(17)15-27/h1-6,13,19-20,28H,7-12,14-16H2. The zero-order valence-electron chi connectivity index (χ0n) is 16.6. The van der Waals surface area contributed by atoms with Crippen LogP contribution < -0.4 is 4.74 Å². The van der Waals surface area contributed by atoms with Gasteiger partial charge in [-0.05, 0) is 42.5 Å². The third-order valence-electron chi connectivity index (χ3n) is 5.88. The monoisotopic (exact) mass is 434 g/mol. The normalized spacial score (nSPS) is 19.3. The van der Waals surface area contributed by atoms with Crippen LogP contribution in [-0.4, -0.2) is 53.3 Å². The van der Waals surface area contributed by atoms with E-state index in [1.54, 1.807) is 12.1 Å². The Kier molecular flexibility index (Phi) is 6.99. The SMILES string of the molecule is OC(CCN1Cc2ccccc2C1)CN1CCC(Oc2ccc(Cl)c(Cl)c2)CC1. The molecule has 1 N–H and O–H groups in total. The average Bonchev–Trinajstić information content (AvgIpc) is 3.14. The first kappa shape index (κ1) is 21.0. The van der Waals surface area contributed by atoms with Crippen molar-refractivity contribution in [1.29, 1.82) is 0 Å². The minimum Gasteiger partial charge on any atom is -0.490 e. The van der Waals surface area contributed by atoms with Gasteiger partial charge in [-0.3, -0.25) is 4.90 Å². The van der Waals surface area contributed by atoms with Gasteiger partial charge in [0.25, 0.3) is 0 Å². The fourth-order valence-corrected chi connectivity index (χ4v) is 4.52. The maximum absolute atomic E-state index is 10.5. The maximum atomic E-state index is 10.5. The molecule has 2 aliphatic rings. The molecule has 4 rings (SSSR count). The summed E-state index contributed by atoms with van der Waals surface area (Å²) in [5, 5.41) is 11.6. The Morgan fingerprint density at radius 2 is 1.66 bits per heavy atom. The Hall–Kier alpha value is -1.30. The highest BCUT2D eigenvalue weighted by atomic mass is 35.5. The maximum Gasteiger partial charge on any atom is 0.121 e. The van der Waals surface area contributed by atoms with Crippen molar-refractivity contribution in [3.63, 3.8) is 0 Å². The first-order chi connectivity index (χ1) is 14.1. The first-order valence-corrected chi connectivity index (χ1v) is 11.1. The molecule has 4 nitrogen and oxygen atoms in total. The van der Waals surface area contributed by atoms with Gasteiger partial charge in [-0.2, -0.15) is 0 Å². The van der Waals surface area contributed by atoms with Crippen molar-refractivity contribution in [2.24, 2.45) is 0 Å². The van der Waals surface area contributed by atoms with Crippen molar-refractivity contribution in [2.75, 3.05) is 26.2 Å². The van der Waals surface area contributed by atoms with E-state index < -0.39 is 0 Å². The van der Waals surface area contributed by atoms with E-state index in [0.29, 0.717) is 10.0 Å². The Balaban J connectivity index is 1.15. The van der Waals surface area contributed by atoms with Crippen LogP contribution in [0.15, 0.2) is 42.5 Å². The van der Waals surface area contributed by atoms with Gasteiger partial charge < -0.3 is 14.7 Å². The van der Waals surface area contributed by atoms with Crippen LogP contribution in [0.2, 0.25) is 10.0 Å². The van der Waals surface area contributed by atoms with Crippen LogP contribution in [0.4, 0.5) is 0 Å². The predicted octanol–water partition coefficient (Wildman–Crippen LogP) is 4.60. The molecule has 6 heteroatoms. The fraction of sp³-hybridized carbons (Fsp3) is 0.478. The van der Waals surface area contributed by atoms with Gasteiger partial charge in [0.15, 0.2) is 0 Å². The quantitative estimate of drug-likeness (QED) is 0.690. The summed E-state index contributed by atoms with van der Waals surface area (Å²) in [5.74, 6) is 0.768. The molecule has 29 heavy (non-hydrogen) atoms. The van der Waals surface area contributed by atoms with Gasteiger partial charge >= 0.3 is 0 Å². The zero-order valence-corrected chi connectivity index (χ0v) is 18.1. The second-order valence-corrected chi connectivity index (χ2v) is 8.93. The van der Waals surface area contributed by atoms with Gasteiger partial charge in [0, 0.05) is 45.3 Å². The summed E-state index contributed by atoms with van der Waals surface area (Å²) in [5.41, 5.74) is 2.84. The van der Waals surface area contributed by atoms with Crippen molar-refractivity contribution in [3.05, 3.63) is 63.6 Å². The summed E-state index contributed by atoms with van der Waals surface area (Å²) >= 11 is 12.0. The van der Waals surface area contributed by atoms with E-state index in [9.17, 15) is 5.11 Å². The Morgan fingerprint density at radius 1 is 0.966 bits per heavy atom. The number of hydrogen-bond acceptors (Lipinski definition) is 4. The first-order valence-electron chi connectivity index (χ1n) is 10.4. The van der Waals surface area contributed by atoms with Gasteiger partial charge in [-0.1, -0.05) is 47.5 Å². The second-order valence-electron chi connectivity index (χ2n) is 8.12. The van der Waals surface area contributed by atoms with E-state index in [2.05, 4.69) is 34.1 Å². The molecule has 0 spiro atoms. The lowest BCUT2D eigenvalue weighted by Gasteiger charge is -2.33. The van der Waals surface area contributed by atoms with Crippen LogP contribution in [-0.2, 0) is 13.1 Å². The van der Waals surface area contributed by atoms with Crippen molar-refractivity contribution < 1.29 is 9.84 Å². The van der Waals surface area contributed by atoms with Crippen LogP contribution in [0.5, 0.6) is 5.75 Å². The van der Waals surface area contributed by atoms with Crippen LogP contribution in [0.3, 0.4) is 0 Å². The lowest BCUT2D eigenvalue weighted by Crippen LogP contribution is -2.42. The smallest absolute Gasteiger partial charge is 0.121 e. The number of hydrogen-bond donors (Lipinski definition) is 1. The number of halogens is 2. The third-order valence-corrected chi connectivity index (χ3v) is 6.62. The van der Waals surface area contributed by atoms with E-state index in [4.69, 9.17) is 27.9 Å².